The maximum absolute atomic E-state index is 11.6. The highest BCUT2D eigenvalue weighted by Gasteiger charge is 2.31. The van der Waals surface area contributed by atoms with E-state index in [2.05, 4.69) is 10.5 Å². The summed E-state index contributed by atoms with van der Waals surface area (Å²) in [6.07, 6.45) is 2.02. The van der Waals surface area contributed by atoms with Crippen LogP contribution >= 0.6 is 35.7 Å². The van der Waals surface area contributed by atoms with Crippen molar-refractivity contribution in [2.45, 2.75) is 43.7 Å². The van der Waals surface area contributed by atoms with Gasteiger partial charge in [0.2, 0.25) is 0 Å². The van der Waals surface area contributed by atoms with Gasteiger partial charge in [0.15, 0.2) is 5.11 Å². The quantitative estimate of drug-likeness (QED) is 0.363. The second-order valence-electron chi connectivity index (χ2n) is 4.95. The van der Waals surface area contributed by atoms with Crippen LogP contribution in [0.5, 0.6) is 0 Å². The van der Waals surface area contributed by atoms with E-state index in [-0.39, 0.29) is 15.7 Å². The average molecular weight is 365 g/mol. The Morgan fingerprint density at radius 3 is 2.68 bits per heavy atom. The zero-order valence-corrected chi connectivity index (χ0v) is 15.4. The number of rotatable bonds is 7. The van der Waals surface area contributed by atoms with E-state index >= 15 is 0 Å². The molecule has 6 nitrogen and oxygen atoms in total. The van der Waals surface area contributed by atoms with E-state index in [1.165, 1.54) is 4.90 Å². The number of hydrogen-bond donors (Lipinski definition) is 3. The van der Waals surface area contributed by atoms with Crippen LogP contribution in [0.4, 0.5) is 4.79 Å². The van der Waals surface area contributed by atoms with Gasteiger partial charge >= 0.3 is 6.09 Å². The Balaban J connectivity index is 2.92. The number of unbranched alkanes of at least 4 members (excludes halogenated alkanes) is 1. The van der Waals surface area contributed by atoms with Gasteiger partial charge in [-0.3, -0.25) is 5.43 Å². The molecule has 0 aromatic rings. The molecule has 0 aromatic heterocycles. The second kappa shape index (κ2) is 10.2. The number of carboxylic acid groups (broad SMARTS) is 1. The van der Waals surface area contributed by atoms with Gasteiger partial charge in [-0.25, -0.2) is 4.79 Å². The van der Waals surface area contributed by atoms with Crippen molar-refractivity contribution in [1.82, 2.24) is 10.3 Å². The molecule has 0 spiro atoms. The third-order valence-corrected chi connectivity index (χ3v) is 6.30. The van der Waals surface area contributed by atoms with Crippen molar-refractivity contribution in [2.75, 3.05) is 18.1 Å². The number of hydrogen-bond acceptors (Lipinski definition) is 5. The number of thioether (sulfide) groups is 2. The van der Waals surface area contributed by atoms with Crippen LogP contribution in [-0.2, 0) is 0 Å². The van der Waals surface area contributed by atoms with Crippen molar-refractivity contribution >= 4 is 52.7 Å². The number of carbonyl (C=O) groups is 1. The molecule has 1 aliphatic rings. The van der Waals surface area contributed by atoms with Crippen LogP contribution in [0.25, 0.3) is 0 Å². The topological polar surface area (TPSA) is 91.0 Å². The summed E-state index contributed by atoms with van der Waals surface area (Å²) < 4.78 is 0.133. The van der Waals surface area contributed by atoms with E-state index < -0.39 is 6.09 Å². The van der Waals surface area contributed by atoms with Crippen LogP contribution in [-0.4, -0.2) is 55.6 Å². The van der Waals surface area contributed by atoms with Gasteiger partial charge in [-0.15, -0.1) is 23.5 Å². The molecule has 0 bridgehead atoms. The van der Waals surface area contributed by atoms with Crippen molar-refractivity contribution < 1.29 is 9.90 Å². The van der Waals surface area contributed by atoms with Crippen LogP contribution in [0, 0.1) is 0 Å². The normalized spacial score (nSPS) is 17.8. The lowest BCUT2D eigenvalue weighted by Gasteiger charge is -2.32. The number of nitrogens with two attached hydrogens (primary N) is 1. The molecule has 1 aliphatic heterocycles. The standard InChI is InChI=1S/C13H24N4O2S3/c1-3-4-6-17(13(18)19)9(2)10(15-16-12(14)20)11-21-7-5-8-22-11/h9,11H,3-8H2,1-2H3,(H,18,19)(H3,14,16,20)/b15-10+. The summed E-state index contributed by atoms with van der Waals surface area (Å²) in [4.78, 5) is 13.0. The second-order valence-corrected chi connectivity index (χ2v) is 8.11. The van der Waals surface area contributed by atoms with Crippen LogP contribution in [0.3, 0.4) is 0 Å². The van der Waals surface area contributed by atoms with Crippen LogP contribution in [0.2, 0.25) is 0 Å². The SMILES string of the molecule is CCCCN(C(=O)O)C(C)/C(=N\NC(N)=S)C1SCCCS1. The smallest absolute Gasteiger partial charge is 0.407 e. The lowest BCUT2D eigenvalue weighted by Crippen LogP contribution is -2.47. The molecular weight excluding hydrogens is 340 g/mol. The van der Waals surface area contributed by atoms with E-state index in [1.807, 2.05) is 13.8 Å². The third kappa shape index (κ3) is 6.21. The van der Waals surface area contributed by atoms with E-state index in [1.54, 1.807) is 23.5 Å². The minimum Gasteiger partial charge on any atom is -0.465 e. The van der Waals surface area contributed by atoms with Gasteiger partial charge in [0.05, 0.1) is 16.3 Å². The molecule has 1 unspecified atom stereocenters. The molecule has 0 aromatic carbocycles. The molecule has 4 N–H and O–H groups in total. The van der Waals surface area contributed by atoms with E-state index in [9.17, 15) is 9.90 Å². The summed E-state index contributed by atoms with van der Waals surface area (Å²) in [6.45, 7) is 4.42. The molecule has 1 heterocycles. The van der Waals surface area contributed by atoms with Crippen LogP contribution < -0.4 is 11.2 Å². The van der Waals surface area contributed by atoms with E-state index in [0.29, 0.717) is 6.54 Å². The van der Waals surface area contributed by atoms with Gasteiger partial charge in [0.1, 0.15) is 0 Å². The number of hydrazone groups is 1. The first-order valence-corrected chi connectivity index (χ1v) is 9.83. The van der Waals surface area contributed by atoms with E-state index in [0.717, 1.165) is 36.5 Å². The molecule has 126 valence electrons. The molecule has 0 aliphatic carbocycles. The minimum absolute atomic E-state index is 0.0888. The molecule has 1 atom stereocenters. The highest BCUT2D eigenvalue weighted by atomic mass is 32.2. The molecule has 22 heavy (non-hydrogen) atoms. The lowest BCUT2D eigenvalue weighted by molar-refractivity contribution is 0.139. The van der Waals surface area contributed by atoms with Crippen molar-refractivity contribution in [1.29, 1.82) is 0 Å². The van der Waals surface area contributed by atoms with Gasteiger partial charge < -0.3 is 15.7 Å². The highest BCUT2D eigenvalue weighted by Crippen LogP contribution is 2.33. The summed E-state index contributed by atoms with van der Waals surface area (Å²) in [6, 6.07) is -0.311. The first kappa shape index (κ1) is 19.4. The summed E-state index contributed by atoms with van der Waals surface area (Å²) >= 11 is 8.39. The Kier molecular flexibility index (Phi) is 8.96. The average Bonchev–Trinajstić information content (AvgIpc) is 2.48. The van der Waals surface area contributed by atoms with Gasteiger partial charge in [-0.1, -0.05) is 13.3 Å². The fraction of sp³-hybridized carbons (Fsp3) is 0.769. The molecular formula is C13H24N4O2S3. The predicted octanol–water partition coefficient (Wildman–Crippen LogP) is 2.54. The third-order valence-electron chi connectivity index (χ3n) is 3.26. The van der Waals surface area contributed by atoms with Crippen LogP contribution in [0.15, 0.2) is 5.10 Å². The number of nitrogens with one attached hydrogen (secondary N) is 1. The molecule has 9 heteroatoms. The fourth-order valence-electron chi connectivity index (χ4n) is 2.06. The zero-order valence-electron chi connectivity index (χ0n) is 12.9. The first-order valence-electron chi connectivity index (χ1n) is 7.33. The number of amides is 1. The lowest BCUT2D eigenvalue weighted by atomic mass is 10.2. The van der Waals surface area contributed by atoms with Gasteiger partial charge in [0.25, 0.3) is 0 Å². The number of nitrogens with zero attached hydrogens (tertiary/aromatic N) is 2. The summed E-state index contributed by atoms with van der Waals surface area (Å²) in [5.41, 5.74) is 8.86. The van der Waals surface area contributed by atoms with Gasteiger partial charge in [-0.05, 0) is 43.5 Å². The summed E-state index contributed by atoms with van der Waals surface area (Å²) in [5.74, 6) is 2.11. The maximum Gasteiger partial charge on any atom is 0.407 e. The molecule has 1 rings (SSSR count). The van der Waals surface area contributed by atoms with Crippen LogP contribution in [0.1, 0.15) is 33.1 Å². The van der Waals surface area contributed by atoms with Gasteiger partial charge in [0, 0.05) is 6.54 Å². The maximum atomic E-state index is 11.6. The predicted molar refractivity (Wildman–Crippen MR) is 99.8 cm³/mol. The van der Waals surface area contributed by atoms with E-state index in [4.69, 9.17) is 18.0 Å². The summed E-state index contributed by atoms with van der Waals surface area (Å²) in [5, 5.41) is 13.9. The van der Waals surface area contributed by atoms with Crippen molar-refractivity contribution in [2.24, 2.45) is 10.8 Å². The number of thiocarbonyl (C=S) groups is 1. The summed E-state index contributed by atoms with van der Waals surface area (Å²) in [7, 11) is 0. The highest BCUT2D eigenvalue weighted by molar-refractivity contribution is 8.18. The molecule has 0 radical (unpaired) electrons. The van der Waals surface area contributed by atoms with Crippen molar-refractivity contribution in [3.05, 3.63) is 0 Å². The largest absolute Gasteiger partial charge is 0.465 e. The Bertz CT molecular complexity index is 414. The first-order chi connectivity index (χ1) is 10.5. The van der Waals surface area contributed by atoms with Crippen molar-refractivity contribution in [3.8, 4) is 0 Å². The molecule has 1 saturated heterocycles. The molecule has 1 fully saturated rings. The van der Waals surface area contributed by atoms with Gasteiger partial charge in [-0.2, -0.15) is 5.10 Å². The Hall–Kier alpha value is -0.670. The molecule has 0 saturated carbocycles. The Morgan fingerprint density at radius 2 is 2.18 bits per heavy atom. The van der Waals surface area contributed by atoms with Crippen molar-refractivity contribution in [3.63, 3.8) is 0 Å². The Labute approximate surface area is 145 Å². The zero-order chi connectivity index (χ0) is 16.5. The molecule has 1 amide bonds. The minimum atomic E-state index is -0.921. The Morgan fingerprint density at radius 1 is 1.55 bits per heavy atom. The fourth-order valence-corrected chi connectivity index (χ4v) is 5.15. The monoisotopic (exact) mass is 364 g/mol.